The van der Waals surface area contributed by atoms with Gasteiger partial charge in [-0.1, -0.05) is 6.42 Å². The van der Waals surface area contributed by atoms with Crippen LogP contribution in [0.25, 0.3) is 0 Å². The van der Waals surface area contributed by atoms with Crippen molar-refractivity contribution in [3.8, 4) is 5.75 Å². The molecule has 1 saturated carbocycles. The first kappa shape index (κ1) is 17.1. The molecule has 5 nitrogen and oxygen atoms in total. The Kier molecular flexibility index (Phi) is 5.46. The molecular weight excluding hydrogens is 315 g/mol. The number of carboxylic acid groups (broad SMARTS) is 1. The van der Waals surface area contributed by atoms with Crippen molar-refractivity contribution in [1.29, 1.82) is 0 Å². The van der Waals surface area contributed by atoms with E-state index in [1.165, 1.54) is 0 Å². The first-order chi connectivity index (χ1) is 10.9. The number of carbonyl (C=O) groups is 2. The van der Waals surface area contributed by atoms with Crippen LogP contribution < -0.4 is 10.1 Å². The number of halogens is 3. The number of hydrogen-bond donors (Lipinski definition) is 2. The Hall–Kier alpha value is -2.25. The Bertz CT molecular complexity index is 594. The summed E-state index contributed by atoms with van der Waals surface area (Å²) in [6, 6.07) is 2.89. The van der Waals surface area contributed by atoms with Gasteiger partial charge in [0, 0.05) is 12.0 Å². The maximum absolute atomic E-state index is 13.1. The molecule has 126 valence electrons. The summed E-state index contributed by atoms with van der Waals surface area (Å²) >= 11 is 0. The summed E-state index contributed by atoms with van der Waals surface area (Å²) < 4.78 is 42.0. The van der Waals surface area contributed by atoms with Gasteiger partial charge in [0.25, 0.3) is 0 Å². The Morgan fingerprint density at radius 1 is 1.26 bits per heavy atom. The average molecular weight is 331 g/mol. The molecule has 0 radical (unpaired) electrons. The number of amides is 1. The van der Waals surface area contributed by atoms with Crippen LogP contribution in [-0.4, -0.2) is 23.6 Å². The summed E-state index contributed by atoms with van der Waals surface area (Å²) in [6.45, 7) is -3.15. The molecule has 1 fully saturated rings. The van der Waals surface area contributed by atoms with Gasteiger partial charge in [-0.2, -0.15) is 8.78 Å². The Labute approximate surface area is 130 Å². The van der Waals surface area contributed by atoms with Gasteiger partial charge < -0.3 is 15.2 Å². The number of anilines is 1. The molecule has 0 aromatic heterocycles. The number of rotatable bonds is 5. The third kappa shape index (κ3) is 4.61. The lowest BCUT2D eigenvalue weighted by Gasteiger charge is -2.26. The van der Waals surface area contributed by atoms with Crippen LogP contribution in [0.3, 0.4) is 0 Å². The first-order valence-corrected chi connectivity index (χ1v) is 7.15. The molecule has 1 aromatic rings. The second-order valence-corrected chi connectivity index (χ2v) is 5.41. The molecule has 0 spiro atoms. The van der Waals surface area contributed by atoms with Crippen molar-refractivity contribution >= 4 is 17.6 Å². The highest BCUT2D eigenvalue weighted by Crippen LogP contribution is 2.32. The second kappa shape index (κ2) is 7.34. The molecular formula is C15H16F3NO4. The molecule has 2 rings (SSSR count). The summed E-state index contributed by atoms with van der Waals surface area (Å²) in [4.78, 5) is 23.2. The SMILES string of the molecule is O=C(O)C1CCCC(C(=O)Nc2ccc(F)cc2OC(F)F)C1. The third-order valence-corrected chi connectivity index (χ3v) is 3.81. The molecule has 8 heteroatoms. The van der Waals surface area contributed by atoms with E-state index in [0.717, 1.165) is 18.2 Å². The van der Waals surface area contributed by atoms with Crippen molar-refractivity contribution < 1.29 is 32.6 Å². The molecule has 2 N–H and O–H groups in total. The summed E-state index contributed by atoms with van der Waals surface area (Å²) in [5.41, 5.74) is -0.0749. The van der Waals surface area contributed by atoms with E-state index >= 15 is 0 Å². The predicted octanol–water partition coefficient (Wildman–Crippen LogP) is 3.26. The van der Waals surface area contributed by atoms with Crippen LogP contribution in [0.5, 0.6) is 5.75 Å². The van der Waals surface area contributed by atoms with Gasteiger partial charge in [-0.05, 0) is 31.4 Å². The number of benzene rings is 1. The quantitative estimate of drug-likeness (QED) is 0.868. The van der Waals surface area contributed by atoms with Gasteiger partial charge in [0.1, 0.15) is 5.82 Å². The van der Waals surface area contributed by atoms with E-state index < -0.39 is 41.9 Å². The monoisotopic (exact) mass is 331 g/mol. The highest BCUT2D eigenvalue weighted by Gasteiger charge is 2.31. The van der Waals surface area contributed by atoms with Crippen molar-refractivity contribution in [3.05, 3.63) is 24.0 Å². The van der Waals surface area contributed by atoms with Gasteiger partial charge in [0.05, 0.1) is 11.6 Å². The highest BCUT2D eigenvalue weighted by molar-refractivity contribution is 5.94. The summed E-state index contributed by atoms with van der Waals surface area (Å²) in [7, 11) is 0. The smallest absolute Gasteiger partial charge is 0.387 e. The van der Waals surface area contributed by atoms with Crippen molar-refractivity contribution in [2.45, 2.75) is 32.3 Å². The van der Waals surface area contributed by atoms with Gasteiger partial charge in [0.15, 0.2) is 5.75 Å². The third-order valence-electron chi connectivity index (χ3n) is 3.81. The number of carboxylic acids is 1. The van der Waals surface area contributed by atoms with Crippen LogP contribution in [-0.2, 0) is 9.59 Å². The van der Waals surface area contributed by atoms with E-state index in [0.29, 0.717) is 19.3 Å². The van der Waals surface area contributed by atoms with Gasteiger partial charge >= 0.3 is 12.6 Å². The molecule has 0 saturated heterocycles. The van der Waals surface area contributed by atoms with E-state index in [4.69, 9.17) is 5.11 Å². The fraction of sp³-hybridized carbons (Fsp3) is 0.467. The lowest BCUT2D eigenvalue weighted by molar-refractivity contribution is -0.143. The van der Waals surface area contributed by atoms with Crippen molar-refractivity contribution in [3.63, 3.8) is 0 Å². The van der Waals surface area contributed by atoms with Crippen LogP contribution in [0, 0.1) is 17.7 Å². The molecule has 2 atom stereocenters. The summed E-state index contributed by atoms with van der Waals surface area (Å²) in [6.07, 6.45) is 1.81. The highest BCUT2D eigenvalue weighted by atomic mass is 19.3. The van der Waals surface area contributed by atoms with Crippen LogP contribution in [0.2, 0.25) is 0 Å². The maximum Gasteiger partial charge on any atom is 0.387 e. The van der Waals surface area contributed by atoms with Gasteiger partial charge in [-0.3, -0.25) is 9.59 Å². The minimum absolute atomic E-state index is 0.0749. The van der Waals surface area contributed by atoms with E-state index in [9.17, 15) is 22.8 Å². The lowest BCUT2D eigenvalue weighted by atomic mass is 9.81. The van der Waals surface area contributed by atoms with Crippen LogP contribution in [0.1, 0.15) is 25.7 Å². The van der Waals surface area contributed by atoms with Gasteiger partial charge in [-0.25, -0.2) is 4.39 Å². The van der Waals surface area contributed by atoms with Gasteiger partial charge in [-0.15, -0.1) is 0 Å². The van der Waals surface area contributed by atoms with E-state index in [1.54, 1.807) is 0 Å². The fourth-order valence-corrected chi connectivity index (χ4v) is 2.68. The average Bonchev–Trinajstić information content (AvgIpc) is 2.49. The normalized spacial score (nSPS) is 21.0. The van der Waals surface area contributed by atoms with E-state index in [1.807, 2.05) is 0 Å². The van der Waals surface area contributed by atoms with Crippen molar-refractivity contribution in [1.82, 2.24) is 0 Å². The van der Waals surface area contributed by atoms with Crippen LogP contribution >= 0.6 is 0 Å². The van der Waals surface area contributed by atoms with Crippen LogP contribution in [0.4, 0.5) is 18.9 Å². The Balaban J connectivity index is 2.09. The topological polar surface area (TPSA) is 75.6 Å². The minimum atomic E-state index is -3.15. The Morgan fingerprint density at radius 2 is 1.96 bits per heavy atom. The largest absolute Gasteiger partial charge is 0.481 e. The maximum atomic E-state index is 13.1. The van der Waals surface area contributed by atoms with Crippen molar-refractivity contribution in [2.24, 2.45) is 11.8 Å². The van der Waals surface area contributed by atoms with E-state index in [-0.39, 0.29) is 12.1 Å². The molecule has 0 bridgehead atoms. The van der Waals surface area contributed by atoms with Gasteiger partial charge in [0.2, 0.25) is 5.91 Å². The number of aliphatic carboxylic acids is 1. The number of carbonyl (C=O) groups excluding carboxylic acids is 1. The van der Waals surface area contributed by atoms with E-state index in [2.05, 4.69) is 10.1 Å². The zero-order chi connectivity index (χ0) is 17.0. The molecule has 0 aliphatic heterocycles. The summed E-state index contributed by atoms with van der Waals surface area (Å²) in [5.74, 6) is -3.81. The zero-order valence-corrected chi connectivity index (χ0v) is 12.1. The molecule has 0 heterocycles. The number of nitrogens with one attached hydrogen (secondary N) is 1. The summed E-state index contributed by atoms with van der Waals surface area (Å²) in [5, 5.41) is 11.4. The number of ether oxygens (including phenoxy) is 1. The predicted molar refractivity (Wildman–Crippen MR) is 74.7 cm³/mol. The lowest BCUT2D eigenvalue weighted by Crippen LogP contribution is -2.31. The molecule has 1 aliphatic rings. The fourth-order valence-electron chi connectivity index (χ4n) is 2.68. The molecule has 23 heavy (non-hydrogen) atoms. The first-order valence-electron chi connectivity index (χ1n) is 7.15. The molecule has 1 amide bonds. The molecule has 2 unspecified atom stereocenters. The second-order valence-electron chi connectivity index (χ2n) is 5.41. The minimum Gasteiger partial charge on any atom is -0.481 e. The van der Waals surface area contributed by atoms with Crippen LogP contribution in [0.15, 0.2) is 18.2 Å². The number of hydrogen-bond acceptors (Lipinski definition) is 3. The zero-order valence-electron chi connectivity index (χ0n) is 12.1. The number of alkyl halides is 2. The van der Waals surface area contributed by atoms with Crippen molar-refractivity contribution in [2.75, 3.05) is 5.32 Å². The molecule has 1 aromatic carbocycles. The molecule has 1 aliphatic carbocycles. The standard InChI is InChI=1S/C15H16F3NO4/c16-10-4-5-11(12(7-10)23-15(17)18)19-13(20)8-2-1-3-9(6-8)14(21)22/h4-5,7-9,15H,1-3,6H2,(H,19,20)(H,21,22). The Morgan fingerprint density at radius 3 is 2.61 bits per heavy atom.